The molecular weight excluding hydrogens is 596 g/mol. The van der Waals surface area contributed by atoms with Crippen molar-refractivity contribution in [3.05, 3.63) is 95.5 Å². The summed E-state index contributed by atoms with van der Waals surface area (Å²) in [4.78, 5) is 29.2. The average Bonchev–Trinajstić information content (AvgIpc) is 3.47. The average molecular weight is 635 g/mol. The third-order valence-electron chi connectivity index (χ3n) is 7.23. The Balaban J connectivity index is 1.83. The number of esters is 2. The Kier molecular flexibility index (Phi) is 10.6. The van der Waals surface area contributed by atoms with Crippen LogP contribution in [0.4, 0.5) is 11.4 Å². The van der Waals surface area contributed by atoms with Gasteiger partial charge in [-0.05, 0) is 70.2 Å². The van der Waals surface area contributed by atoms with E-state index in [-0.39, 0.29) is 25.7 Å². The number of allylic oxidation sites excluding steroid dienone is 3. The quantitative estimate of drug-likeness (QED) is 0.113. The predicted octanol–water partition coefficient (Wildman–Crippen LogP) is 4.75. The molecular formula is C33H38N4O7S. The Labute approximate surface area is 263 Å². The summed E-state index contributed by atoms with van der Waals surface area (Å²) in [7, 11) is -4.58. The van der Waals surface area contributed by atoms with Crippen molar-refractivity contribution >= 4 is 50.5 Å². The van der Waals surface area contributed by atoms with Crippen LogP contribution in [0.15, 0.2) is 78.5 Å². The van der Waals surface area contributed by atoms with E-state index in [0.29, 0.717) is 41.7 Å². The second kappa shape index (κ2) is 14.4. The van der Waals surface area contributed by atoms with Crippen LogP contribution in [-0.2, 0) is 32.7 Å². The predicted molar refractivity (Wildman–Crippen MR) is 173 cm³/mol. The molecule has 0 spiro atoms. The van der Waals surface area contributed by atoms with Crippen molar-refractivity contribution in [2.45, 2.75) is 40.8 Å². The van der Waals surface area contributed by atoms with Crippen molar-refractivity contribution < 1.29 is 36.6 Å². The lowest BCUT2D eigenvalue weighted by atomic mass is 10.1. The summed E-state index contributed by atoms with van der Waals surface area (Å²) in [5.74, 6) is 0.735. The zero-order chi connectivity index (χ0) is 32.7. The first-order valence-corrected chi connectivity index (χ1v) is 16.3. The fourth-order valence-electron chi connectivity index (χ4n) is 5.43. The highest BCUT2D eigenvalue weighted by molar-refractivity contribution is 7.88. The first-order chi connectivity index (χ1) is 21.6. The van der Waals surface area contributed by atoms with Gasteiger partial charge in [-0.2, -0.15) is 0 Å². The summed E-state index contributed by atoms with van der Waals surface area (Å²) in [6.45, 7) is 13.8. The maximum Gasteiger partial charge on any atom is 0.338 e. The van der Waals surface area contributed by atoms with Crippen molar-refractivity contribution in [1.82, 2.24) is 4.57 Å². The van der Waals surface area contributed by atoms with Crippen LogP contribution in [0, 0.1) is 0 Å². The molecule has 3 aromatic rings. The molecule has 1 aromatic heterocycles. The van der Waals surface area contributed by atoms with Gasteiger partial charge in [0.1, 0.15) is 22.5 Å². The molecule has 238 valence electrons. The van der Waals surface area contributed by atoms with Crippen LogP contribution in [0.25, 0.3) is 17.1 Å². The van der Waals surface area contributed by atoms with Crippen LogP contribution in [0.2, 0.25) is 0 Å². The molecule has 11 nitrogen and oxygen atoms in total. The molecule has 0 bridgehead atoms. The molecule has 0 saturated carbocycles. The van der Waals surface area contributed by atoms with E-state index in [9.17, 15) is 22.6 Å². The van der Waals surface area contributed by atoms with E-state index in [0.717, 1.165) is 28.5 Å². The number of rotatable bonds is 13. The molecule has 1 aliphatic rings. The number of anilines is 2. The molecule has 0 N–H and O–H groups in total. The molecule has 0 fully saturated rings. The van der Waals surface area contributed by atoms with E-state index < -0.39 is 16.1 Å². The highest BCUT2D eigenvalue weighted by atomic mass is 32.2. The van der Waals surface area contributed by atoms with E-state index in [1.54, 1.807) is 38.1 Å². The molecule has 0 aliphatic carbocycles. The monoisotopic (exact) mass is 634 g/mol. The number of carbonyl (C=O) groups excluding carboxylic acids is 2. The van der Waals surface area contributed by atoms with Crippen molar-refractivity contribution in [3.63, 3.8) is 0 Å². The first-order valence-electron chi connectivity index (χ1n) is 14.8. The zero-order valence-corrected chi connectivity index (χ0v) is 26.7. The molecule has 0 atom stereocenters. The van der Waals surface area contributed by atoms with Crippen molar-refractivity contribution in [3.8, 4) is 0 Å². The van der Waals surface area contributed by atoms with Gasteiger partial charge < -0.3 is 23.8 Å². The topological polar surface area (TPSA) is 125 Å². The molecule has 0 saturated heterocycles. The minimum atomic E-state index is -4.58. The lowest BCUT2D eigenvalue weighted by Crippen LogP contribution is -2.35. The number of fused-ring (bicyclic) bond motifs is 2. The highest BCUT2D eigenvalue weighted by Crippen LogP contribution is 2.42. The number of imidazole rings is 1. The number of nitrogens with zero attached hydrogens (tertiary/aromatic N) is 4. The normalized spacial score (nSPS) is 14.2. The van der Waals surface area contributed by atoms with Crippen LogP contribution >= 0.6 is 0 Å². The van der Waals surface area contributed by atoms with Gasteiger partial charge in [-0.15, -0.1) is 6.58 Å². The maximum atomic E-state index is 12.5. The second-order valence-electron chi connectivity index (χ2n) is 9.95. The number of hydrogen-bond acceptors (Lipinski definition) is 9. The van der Waals surface area contributed by atoms with E-state index in [1.807, 2.05) is 59.4 Å². The van der Waals surface area contributed by atoms with Gasteiger partial charge in [-0.3, -0.25) is 0 Å². The van der Waals surface area contributed by atoms with Crippen LogP contribution in [0.1, 0.15) is 54.2 Å². The van der Waals surface area contributed by atoms with Crippen LogP contribution < -0.4 is 14.4 Å². The molecule has 0 radical (unpaired) electrons. The Morgan fingerprint density at radius 1 is 0.933 bits per heavy atom. The minimum Gasteiger partial charge on any atom is -0.744 e. The van der Waals surface area contributed by atoms with Crippen LogP contribution in [-0.4, -0.2) is 55.8 Å². The summed E-state index contributed by atoms with van der Waals surface area (Å²) >= 11 is 0. The highest BCUT2D eigenvalue weighted by Gasteiger charge is 2.30. The third-order valence-corrected chi connectivity index (χ3v) is 7.75. The van der Waals surface area contributed by atoms with E-state index in [1.165, 1.54) is 6.08 Å². The molecule has 0 unspecified atom stereocenters. The number of aryl methyl sites for hydroxylation is 1. The summed E-state index contributed by atoms with van der Waals surface area (Å²) in [6.07, 6.45) is 8.82. The smallest absolute Gasteiger partial charge is 0.338 e. The first kappa shape index (κ1) is 33.2. The summed E-state index contributed by atoms with van der Waals surface area (Å²) < 4.78 is 48.2. The van der Waals surface area contributed by atoms with Crippen molar-refractivity contribution in [1.29, 1.82) is 0 Å². The minimum absolute atomic E-state index is 0.0687. The number of benzene rings is 2. The second-order valence-corrected chi connectivity index (χ2v) is 11.2. The number of carbonyl (C=O) groups is 2. The number of aromatic nitrogens is 2. The van der Waals surface area contributed by atoms with Gasteiger partial charge in [0.05, 0.1) is 42.3 Å². The van der Waals surface area contributed by atoms with Gasteiger partial charge in [0.15, 0.2) is 11.0 Å². The van der Waals surface area contributed by atoms with Crippen LogP contribution in [0.3, 0.4) is 0 Å². The zero-order valence-electron chi connectivity index (χ0n) is 25.9. The lowest BCUT2D eigenvalue weighted by Gasteiger charge is -2.23. The molecule has 2 aromatic carbocycles. The van der Waals surface area contributed by atoms with Gasteiger partial charge >= 0.3 is 11.9 Å². The summed E-state index contributed by atoms with van der Waals surface area (Å²) in [5, 5.41) is 0.631. The SMILES string of the molecule is C=CCN1/C(=C/C=C/c2n(C/C=C\S(=O)(=O)[O-])c3cc(C(=O)OCC)ccc3[n+]2CC)N(CC)c2ccc(C(=O)OCC)cc21. The van der Waals surface area contributed by atoms with Gasteiger partial charge in [0, 0.05) is 30.6 Å². The molecule has 4 rings (SSSR count). The molecule has 45 heavy (non-hydrogen) atoms. The van der Waals surface area contributed by atoms with Gasteiger partial charge in [0.25, 0.3) is 5.82 Å². The molecule has 2 heterocycles. The maximum absolute atomic E-state index is 12.5. The van der Waals surface area contributed by atoms with Crippen LogP contribution in [0.5, 0.6) is 0 Å². The molecule has 1 aliphatic heterocycles. The molecule has 0 amide bonds. The summed E-state index contributed by atoms with van der Waals surface area (Å²) in [6, 6.07) is 10.7. The Morgan fingerprint density at radius 3 is 2.20 bits per heavy atom. The lowest BCUT2D eigenvalue weighted by molar-refractivity contribution is -0.670. The Bertz CT molecular complexity index is 1800. The van der Waals surface area contributed by atoms with Crippen molar-refractivity contribution in [2.24, 2.45) is 0 Å². The van der Waals surface area contributed by atoms with E-state index in [2.05, 4.69) is 16.4 Å². The van der Waals surface area contributed by atoms with Gasteiger partial charge in [-0.1, -0.05) is 12.2 Å². The van der Waals surface area contributed by atoms with Crippen molar-refractivity contribution in [2.75, 3.05) is 36.1 Å². The standard InChI is InChI=1S/C33H38N4O7S/c1-6-19-36-28-22-24(32(38)43-9-4)15-17-26(28)34(7-2)30(36)13-11-14-31-35(8-3)27-18-16-25(33(39)44-10-5)23-29(27)37(31)20-12-21-45(40,41)42/h6,11-18,21-23H,1,7-10,19-20H2,2-5H3/b21-12-. The van der Waals surface area contributed by atoms with E-state index in [4.69, 9.17) is 9.47 Å². The fourth-order valence-corrected chi connectivity index (χ4v) is 5.75. The third kappa shape index (κ3) is 7.18. The Morgan fingerprint density at radius 2 is 1.60 bits per heavy atom. The fraction of sp³-hybridized carbons (Fsp3) is 0.303. The largest absolute Gasteiger partial charge is 0.744 e. The molecule has 12 heteroatoms. The Hall–Kier alpha value is -4.68. The van der Waals surface area contributed by atoms with Gasteiger partial charge in [0.2, 0.25) is 0 Å². The number of ether oxygens (including phenoxy) is 2. The summed E-state index contributed by atoms with van der Waals surface area (Å²) in [5.41, 5.74) is 4.11. The number of hydrogen-bond donors (Lipinski definition) is 0. The van der Waals surface area contributed by atoms with E-state index >= 15 is 0 Å². The van der Waals surface area contributed by atoms with Gasteiger partial charge in [-0.25, -0.2) is 27.1 Å².